The van der Waals surface area contributed by atoms with Crippen LogP contribution < -0.4 is 5.32 Å². The predicted octanol–water partition coefficient (Wildman–Crippen LogP) is 1.50. The normalized spacial score (nSPS) is 11.7. The number of aromatic amines is 1. The SMILES string of the molecule is COCCC(C)(C)NC(=O)c1ncnc2[nH]ccc12. The Morgan fingerprint density at radius 1 is 1.47 bits per heavy atom. The van der Waals surface area contributed by atoms with Crippen molar-refractivity contribution in [1.82, 2.24) is 20.3 Å². The first kappa shape index (κ1) is 13.5. The lowest BCUT2D eigenvalue weighted by Crippen LogP contribution is -2.44. The van der Waals surface area contributed by atoms with Crippen molar-refractivity contribution in [2.75, 3.05) is 13.7 Å². The number of methoxy groups -OCH3 is 1. The molecule has 0 radical (unpaired) electrons. The average Bonchev–Trinajstić information content (AvgIpc) is 2.83. The molecule has 102 valence electrons. The molecule has 0 bridgehead atoms. The van der Waals surface area contributed by atoms with Gasteiger partial charge < -0.3 is 15.0 Å². The van der Waals surface area contributed by atoms with Gasteiger partial charge in [-0.2, -0.15) is 0 Å². The molecule has 2 rings (SSSR count). The number of hydrogen-bond acceptors (Lipinski definition) is 4. The number of ether oxygens (including phenoxy) is 1. The van der Waals surface area contributed by atoms with Crippen molar-refractivity contribution < 1.29 is 9.53 Å². The largest absolute Gasteiger partial charge is 0.385 e. The lowest BCUT2D eigenvalue weighted by Gasteiger charge is -2.25. The molecule has 2 N–H and O–H groups in total. The van der Waals surface area contributed by atoms with Crippen molar-refractivity contribution in [2.45, 2.75) is 25.8 Å². The van der Waals surface area contributed by atoms with E-state index in [9.17, 15) is 4.79 Å². The summed E-state index contributed by atoms with van der Waals surface area (Å²) in [4.78, 5) is 23.4. The van der Waals surface area contributed by atoms with E-state index in [1.54, 1.807) is 19.4 Å². The van der Waals surface area contributed by atoms with E-state index in [1.807, 2.05) is 13.8 Å². The van der Waals surface area contributed by atoms with E-state index in [2.05, 4.69) is 20.3 Å². The van der Waals surface area contributed by atoms with Gasteiger partial charge in [-0.3, -0.25) is 4.79 Å². The highest BCUT2D eigenvalue weighted by Crippen LogP contribution is 2.15. The first-order valence-corrected chi connectivity index (χ1v) is 6.13. The summed E-state index contributed by atoms with van der Waals surface area (Å²) in [5.74, 6) is -0.201. The molecular formula is C13H18N4O2. The van der Waals surface area contributed by atoms with E-state index in [4.69, 9.17) is 4.74 Å². The molecule has 1 amide bonds. The lowest BCUT2D eigenvalue weighted by atomic mass is 10.0. The summed E-state index contributed by atoms with van der Waals surface area (Å²) in [5.41, 5.74) is 0.701. The summed E-state index contributed by atoms with van der Waals surface area (Å²) >= 11 is 0. The van der Waals surface area contributed by atoms with Gasteiger partial charge in [0.2, 0.25) is 0 Å². The Kier molecular flexibility index (Phi) is 3.80. The molecule has 6 heteroatoms. The highest BCUT2D eigenvalue weighted by molar-refractivity contribution is 6.03. The second-order valence-electron chi connectivity index (χ2n) is 5.04. The molecule has 0 atom stereocenters. The Balaban J connectivity index is 2.18. The summed E-state index contributed by atoms with van der Waals surface area (Å²) in [6.45, 7) is 4.51. The van der Waals surface area contributed by atoms with Crippen LogP contribution in [0, 0.1) is 0 Å². The average molecular weight is 262 g/mol. The fourth-order valence-corrected chi connectivity index (χ4v) is 1.84. The molecule has 19 heavy (non-hydrogen) atoms. The summed E-state index contributed by atoms with van der Waals surface area (Å²) in [7, 11) is 1.64. The lowest BCUT2D eigenvalue weighted by molar-refractivity contribution is 0.0885. The molecule has 0 spiro atoms. The molecule has 2 aromatic rings. The fraction of sp³-hybridized carbons (Fsp3) is 0.462. The third kappa shape index (κ3) is 3.08. The Hall–Kier alpha value is -1.95. The first-order chi connectivity index (χ1) is 9.03. The maximum absolute atomic E-state index is 12.3. The Labute approximate surface area is 111 Å². The van der Waals surface area contributed by atoms with Crippen LogP contribution in [-0.2, 0) is 4.74 Å². The molecule has 0 aliphatic heterocycles. The molecule has 0 saturated carbocycles. The monoisotopic (exact) mass is 262 g/mol. The van der Waals surface area contributed by atoms with E-state index in [0.717, 1.165) is 11.8 Å². The first-order valence-electron chi connectivity index (χ1n) is 6.13. The Morgan fingerprint density at radius 3 is 3.00 bits per heavy atom. The zero-order valence-corrected chi connectivity index (χ0v) is 11.4. The number of H-pyrrole nitrogens is 1. The third-order valence-electron chi connectivity index (χ3n) is 2.95. The summed E-state index contributed by atoms with van der Waals surface area (Å²) in [5, 5.41) is 3.69. The molecule has 0 unspecified atom stereocenters. The van der Waals surface area contributed by atoms with Gasteiger partial charge in [0.25, 0.3) is 5.91 Å². The summed E-state index contributed by atoms with van der Waals surface area (Å²) in [6, 6.07) is 1.80. The Bertz CT molecular complexity index is 577. The van der Waals surface area contributed by atoms with Crippen LogP contribution in [0.4, 0.5) is 0 Å². The van der Waals surface area contributed by atoms with Crippen molar-refractivity contribution in [3.63, 3.8) is 0 Å². The van der Waals surface area contributed by atoms with Gasteiger partial charge in [-0.05, 0) is 26.3 Å². The fourth-order valence-electron chi connectivity index (χ4n) is 1.84. The van der Waals surface area contributed by atoms with E-state index in [0.29, 0.717) is 17.9 Å². The van der Waals surface area contributed by atoms with Gasteiger partial charge in [-0.15, -0.1) is 0 Å². The van der Waals surface area contributed by atoms with Crippen LogP contribution in [0.3, 0.4) is 0 Å². The number of nitrogens with zero attached hydrogens (tertiary/aromatic N) is 2. The van der Waals surface area contributed by atoms with Crippen molar-refractivity contribution in [1.29, 1.82) is 0 Å². The van der Waals surface area contributed by atoms with Gasteiger partial charge in [0, 0.05) is 25.5 Å². The van der Waals surface area contributed by atoms with Crippen LogP contribution in [0.2, 0.25) is 0 Å². The van der Waals surface area contributed by atoms with E-state index in [1.165, 1.54) is 6.33 Å². The van der Waals surface area contributed by atoms with Gasteiger partial charge >= 0.3 is 0 Å². The minimum absolute atomic E-state index is 0.201. The number of amides is 1. The number of fused-ring (bicyclic) bond motifs is 1. The molecule has 0 aliphatic carbocycles. The number of carbonyl (C=O) groups excluding carboxylic acids is 1. The van der Waals surface area contributed by atoms with Crippen molar-refractivity contribution >= 4 is 16.9 Å². The quantitative estimate of drug-likeness (QED) is 0.855. The van der Waals surface area contributed by atoms with Crippen LogP contribution in [0.25, 0.3) is 11.0 Å². The number of carbonyl (C=O) groups is 1. The second kappa shape index (κ2) is 5.36. The number of nitrogens with one attached hydrogen (secondary N) is 2. The molecule has 0 aliphatic rings. The number of rotatable bonds is 5. The Morgan fingerprint density at radius 2 is 2.26 bits per heavy atom. The van der Waals surface area contributed by atoms with Crippen molar-refractivity contribution in [2.24, 2.45) is 0 Å². The second-order valence-corrected chi connectivity index (χ2v) is 5.04. The van der Waals surface area contributed by atoms with Crippen LogP contribution in [0.15, 0.2) is 18.6 Å². The topological polar surface area (TPSA) is 79.9 Å². The maximum Gasteiger partial charge on any atom is 0.271 e. The standard InChI is InChI=1S/C13H18N4O2/c1-13(2,5-7-19-3)17-12(18)10-9-4-6-14-11(9)16-8-15-10/h4,6,8H,5,7H2,1-3H3,(H,17,18)(H,14,15,16). The molecule has 0 fully saturated rings. The summed E-state index contributed by atoms with van der Waals surface area (Å²) < 4.78 is 5.04. The zero-order chi connectivity index (χ0) is 13.9. The van der Waals surface area contributed by atoms with Crippen LogP contribution in [-0.4, -0.2) is 40.1 Å². The van der Waals surface area contributed by atoms with E-state index < -0.39 is 0 Å². The van der Waals surface area contributed by atoms with Gasteiger partial charge in [-0.25, -0.2) is 9.97 Å². The van der Waals surface area contributed by atoms with Gasteiger partial charge in [-0.1, -0.05) is 0 Å². The summed E-state index contributed by atoms with van der Waals surface area (Å²) in [6.07, 6.45) is 3.86. The highest BCUT2D eigenvalue weighted by atomic mass is 16.5. The number of hydrogen-bond donors (Lipinski definition) is 2. The molecule has 6 nitrogen and oxygen atoms in total. The highest BCUT2D eigenvalue weighted by Gasteiger charge is 2.23. The molecular weight excluding hydrogens is 244 g/mol. The molecule has 2 aromatic heterocycles. The molecule has 0 aromatic carbocycles. The van der Waals surface area contributed by atoms with Gasteiger partial charge in [0.15, 0.2) is 0 Å². The van der Waals surface area contributed by atoms with Crippen molar-refractivity contribution in [3.05, 3.63) is 24.3 Å². The van der Waals surface area contributed by atoms with Crippen LogP contribution in [0.5, 0.6) is 0 Å². The third-order valence-corrected chi connectivity index (χ3v) is 2.95. The van der Waals surface area contributed by atoms with Crippen LogP contribution in [0.1, 0.15) is 30.8 Å². The predicted molar refractivity (Wildman–Crippen MR) is 71.9 cm³/mol. The van der Waals surface area contributed by atoms with Gasteiger partial charge in [0.05, 0.1) is 5.39 Å². The minimum Gasteiger partial charge on any atom is -0.385 e. The van der Waals surface area contributed by atoms with E-state index in [-0.39, 0.29) is 11.4 Å². The smallest absolute Gasteiger partial charge is 0.271 e. The van der Waals surface area contributed by atoms with Gasteiger partial charge in [0.1, 0.15) is 17.7 Å². The number of aromatic nitrogens is 3. The van der Waals surface area contributed by atoms with Crippen molar-refractivity contribution in [3.8, 4) is 0 Å². The van der Waals surface area contributed by atoms with Crippen LogP contribution >= 0.6 is 0 Å². The molecule has 0 saturated heterocycles. The molecule has 2 heterocycles. The minimum atomic E-state index is -0.347. The van der Waals surface area contributed by atoms with E-state index >= 15 is 0 Å². The zero-order valence-electron chi connectivity index (χ0n) is 11.4. The maximum atomic E-state index is 12.3.